The second-order valence-corrected chi connectivity index (χ2v) is 6.97. The molecule has 0 unspecified atom stereocenters. The van der Waals surface area contributed by atoms with Gasteiger partial charge in [-0.3, -0.25) is 10.1 Å². The Hall–Kier alpha value is -2.31. The van der Waals surface area contributed by atoms with E-state index in [1.54, 1.807) is 18.2 Å². The number of halogens is 1. The first-order valence-electron chi connectivity index (χ1n) is 8.92. The molecule has 1 N–H and O–H groups in total. The minimum Gasteiger partial charge on any atom is -0.490 e. The third kappa shape index (κ3) is 6.41. The van der Waals surface area contributed by atoms with Gasteiger partial charge in [-0.1, -0.05) is 25.4 Å². The van der Waals surface area contributed by atoms with Gasteiger partial charge in [-0.05, 0) is 48.7 Å². The fourth-order valence-corrected chi connectivity index (χ4v) is 2.68. The van der Waals surface area contributed by atoms with Crippen LogP contribution >= 0.6 is 11.6 Å². The van der Waals surface area contributed by atoms with E-state index in [1.807, 2.05) is 13.0 Å². The predicted octanol–water partition coefficient (Wildman–Crippen LogP) is 4.97. The van der Waals surface area contributed by atoms with Gasteiger partial charge in [0.2, 0.25) is 0 Å². The maximum Gasteiger partial charge on any atom is 0.269 e. The van der Waals surface area contributed by atoms with Crippen LogP contribution in [-0.4, -0.2) is 18.1 Å². The van der Waals surface area contributed by atoms with E-state index in [0.29, 0.717) is 35.6 Å². The lowest BCUT2D eigenvalue weighted by molar-refractivity contribution is -0.384. The average molecular weight is 393 g/mol. The van der Waals surface area contributed by atoms with Crippen molar-refractivity contribution >= 4 is 17.3 Å². The lowest BCUT2D eigenvalue weighted by Crippen LogP contribution is -2.19. The molecule has 0 saturated heterocycles. The summed E-state index contributed by atoms with van der Waals surface area (Å²) in [5, 5.41) is 14.7. The molecule has 0 saturated carbocycles. The second kappa shape index (κ2) is 10.1. The smallest absolute Gasteiger partial charge is 0.269 e. The van der Waals surface area contributed by atoms with Crippen molar-refractivity contribution in [3.05, 3.63) is 62.7 Å². The van der Waals surface area contributed by atoms with Gasteiger partial charge in [0.05, 0.1) is 11.5 Å². The van der Waals surface area contributed by atoms with Crippen molar-refractivity contribution in [1.29, 1.82) is 0 Å². The van der Waals surface area contributed by atoms with Crippen molar-refractivity contribution in [3.63, 3.8) is 0 Å². The normalized spacial score (nSPS) is 10.9. The Kier molecular flexibility index (Phi) is 7.88. The van der Waals surface area contributed by atoms with Crippen LogP contribution in [0.25, 0.3) is 0 Å². The monoisotopic (exact) mass is 392 g/mol. The van der Waals surface area contributed by atoms with Crippen LogP contribution in [0.5, 0.6) is 11.5 Å². The van der Waals surface area contributed by atoms with Crippen molar-refractivity contribution in [2.24, 2.45) is 5.92 Å². The summed E-state index contributed by atoms with van der Waals surface area (Å²) in [4.78, 5) is 10.3. The quantitative estimate of drug-likeness (QED) is 0.456. The molecule has 2 rings (SSSR count). The lowest BCUT2D eigenvalue weighted by atomic mass is 10.1. The number of rotatable bonds is 10. The Morgan fingerprint density at radius 3 is 2.41 bits per heavy atom. The summed E-state index contributed by atoms with van der Waals surface area (Å²) < 4.78 is 11.6. The molecule has 0 spiro atoms. The van der Waals surface area contributed by atoms with Gasteiger partial charge in [-0.15, -0.1) is 0 Å². The minimum absolute atomic E-state index is 0.0510. The van der Waals surface area contributed by atoms with E-state index in [0.717, 1.165) is 17.7 Å². The Morgan fingerprint density at radius 2 is 1.81 bits per heavy atom. The van der Waals surface area contributed by atoms with Crippen molar-refractivity contribution in [2.75, 3.05) is 13.2 Å². The zero-order valence-electron chi connectivity index (χ0n) is 15.8. The predicted molar refractivity (Wildman–Crippen MR) is 107 cm³/mol. The molecular formula is C20H25ClN2O4. The van der Waals surface area contributed by atoms with Crippen molar-refractivity contribution in [2.45, 2.75) is 33.9 Å². The molecule has 0 radical (unpaired) electrons. The first kappa shape index (κ1) is 21.0. The molecule has 2 aromatic rings. The van der Waals surface area contributed by atoms with Crippen LogP contribution in [0.15, 0.2) is 36.4 Å². The first-order chi connectivity index (χ1) is 12.9. The van der Waals surface area contributed by atoms with Gasteiger partial charge in [-0.2, -0.15) is 0 Å². The van der Waals surface area contributed by atoms with E-state index in [1.165, 1.54) is 12.1 Å². The van der Waals surface area contributed by atoms with Gasteiger partial charge in [-0.25, -0.2) is 0 Å². The molecule has 0 aliphatic rings. The Balaban J connectivity index is 2.10. The van der Waals surface area contributed by atoms with E-state index in [2.05, 4.69) is 19.2 Å². The van der Waals surface area contributed by atoms with Gasteiger partial charge in [0.25, 0.3) is 5.69 Å². The number of benzene rings is 2. The molecule has 146 valence electrons. The van der Waals surface area contributed by atoms with Gasteiger partial charge < -0.3 is 14.8 Å². The van der Waals surface area contributed by atoms with Crippen LogP contribution in [-0.2, 0) is 13.2 Å². The fourth-order valence-electron chi connectivity index (χ4n) is 2.46. The summed E-state index contributed by atoms with van der Waals surface area (Å²) >= 11 is 6.40. The third-order valence-corrected chi connectivity index (χ3v) is 4.17. The summed E-state index contributed by atoms with van der Waals surface area (Å²) in [6.07, 6.45) is 0. The molecule has 0 heterocycles. The van der Waals surface area contributed by atoms with Crippen LogP contribution in [0.3, 0.4) is 0 Å². The standard InChI is InChI=1S/C20H25ClN2O4/c1-4-26-19-9-16(12-22-11-14(2)3)18(21)10-20(19)27-13-15-5-7-17(8-6-15)23(24)25/h5-10,14,22H,4,11-13H2,1-3H3. The molecule has 0 atom stereocenters. The highest BCUT2D eigenvalue weighted by atomic mass is 35.5. The molecule has 27 heavy (non-hydrogen) atoms. The van der Waals surface area contributed by atoms with Gasteiger partial charge in [0.1, 0.15) is 6.61 Å². The lowest BCUT2D eigenvalue weighted by Gasteiger charge is -2.16. The highest BCUT2D eigenvalue weighted by molar-refractivity contribution is 6.31. The first-order valence-corrected chi connectivity index (χ1v) is 9.30. The van der Waals surface area contributed by atoms with Gasteiger partial charge in [0, 0.05) is 29.8 Å². The van der Waals surface area contributed by atoms with E-state index in [4.69, 9.17) is 21.1 Å². The molecular weight excluding hydrogens is 368 g/mol. The molecule has 0 aliphatic heterocycles. The zero-order chi connectivity index (χ0) is 19.8. The summed E-state index contributed by atoms with van der Waals surface area (Å²) in [5.41, 5.74) is 1.82. The van der Waals surface area contributed by atoms with Crippen LogP contribution in [0.1, 0.15) is 31.9 Å². The second-order valence-electron chi connectivity index (χ2n) is 6.56. The fraction of sp³-hybridized carbons (Fsp3) is 0.400. The zero-order valence-corrected chi connectivity index (χ0v) is 16.6. The van der Waals surface area contributed by atoms with Crippen molar-refractivity contribution in [1.82, 2.24) is 5.32 Å². The van der Waals surface area contributed by atoms with Crippen molar-refractivity contribution in [3.8, 4) is 11.5 Å². The molecule has 6 nitrogen and oxygen atoms in total. The van der Waals surface area contributed by atoms with Crippen LogP contribution in [0, 0.1) is 16.0 Å². The molecule has 0 fully saturated rings. The molecule has 2 aromatic carbocycles. The van der Waals surface area contributed by atoms with Gasteiger partial charge >= 0.3 is 0 Å². The van der Waals surface area contributed by atoms with E-state index < -0.39 is 4.92 Å². The molecule has 0 aliphatic carbocycles. The molecule has 0 amide bonds. The number of nitro groups is 1. The summed E-state index contributed by atoms with van der Waals surface area (Å²) in [6.45, 7) is 8.53. The van der Waals surface area contributed by atoms with Crippen molar-refractivity contribution < 1.29 is 14.4 Å². The maximum atomic E-state index is 10.7. The SMILES string of the molecule is CCOc1cc(CNCC(C)C)c(Cl)cc1OCc1ccc([N+](=O)[O-])cc1. The summed E-state index contributed by atoms with van der Waals surface area (Å²) in [6, 6.07) is 9.90. The third-order valence-electron chi connectivity index (χ3n) is 3.82. The highest BCUT2D eigenvalue weighted by Crippen LogP contribution is 2.34. The maximum absolute atomic E-state index is 10.7. The van der Waals surface area contributed by atoms with E-state index in [-0.39, 0.29) is 12.3 Å². The average Bonchev–Trinajstić information content (AvgIpc) is 2.63. The number of non-ortho nitro benzene ring substituents is 1. The molecule has 7 heteroatoms. The van der Waals surface area contributed by atoms with Crippen LogP contribution in [0.4, 0.5) is 5.69 Å². The van der Waals surface area contributed by atoms with Crippen LogP contribution < -0.4 is 14.8 Å². The minimum atomic E-state index is -0.427. The highest BCUT2D eigenvalue weighted by Gasteiger charge is 2.12. The Morgan fingerprint density at radius 1 is 1.15 bits per heavy atom. The number of hydrogen-bond acceptors (Lipinski definition) is 5. The Labute approximate surface area is 164 Å². The van der Waals surface area contributed by atoms with E-state index in [9.17, 15) is 10.1 Å². The van der Waals surface area contributed by atoms with Crippen LogP contribution in [0.2, 0.25) is 5.02 Å². The number of nitrogens with zero attached hydrogens (tertiary/aromatic N) is 1. The van der Waals surface area contributed by atoms with E-state index >= 15 is 0 Å². The summed E-state index contributed by atoms with van der Waals surface area (Å²) in [5.74, 6) is 1.73. The largest absolute Gasteiger partial charge is 0.490 e. The number of ether oxygens (including phenoxy) is 2. The number of hydrogen-bond donors (Lipinski definition) is 1. The van der Waals surface area contributed by atoms with Gasteiger partial charge in [0.15, 0.2) is 11.5 Å². The summed E-state index contributed by atoms with van der Waals surface area (Å²) in [7, 11) is 0. The number of nitrogens with one attached hydrogen (secondary N) is 1. The Bertz CT molecular complexity index is 763. The molecule has 0 aromatic heterocycles. The number of nitro benzene ring substituents is 1. The topological polar surface area (TPSA) is 73.6 Å². The molecule has 0 bridgehead atoms.